The molecule has 136 valence electrons. The molecule has 1 aromatic rings. The monoisotopic (exact) mass is 348 g/mol. The van der Waals surface area contributed by atoms with Crippen LogP contribution in [0.3, 0.4) is 0 Å². The summed E-state index contributed by atoms with van der Waals surface area (Å²) in [5.74, 6) is -0.961. The Morgan fingerprint density at radius 1 is 1.32 bits per heavy atom. The zero-order chi connectivity index (χ0) is 18.0. The van der Waals surface area contributed by atoms with Crippen LogP contribution < -0.4 is 5.32 Å². The molecule has 1 aliphatic heterocycles. The first-order valence-corrected chi connectivity index (χ1v) is 8.96. The quantitative estimate of drug-likeness (QED) is 0.858. The lowest BCUT2D eigenvalue weighted by Crippen LogP contribution is -2.47. The first kappa shape index (κ1) is 17.9. The van der Waals surface area contributed by atoms with E-state index in [1.807, 2.05) is 4.90 Å². The number of nitrogens with one attached hydrogen (secondary N) is 1. The fourth-order valence-electron chi connectivity index (χ4n) is 4.19. The van der Waals surface area contributed by atoms with Crippen LogP contribution in [0.25, 0.3) is 0 Å². The summed E-state index contributed by atoms with van der Waals surface area (Å²) in [5, 5.41) is 12.3. The summed E-state index contributed by atoms with van der Waals surface area (Å²) in [7, 11) is 0. The van der Waals surface area contributed by atoms with Gasteiger partial charge in [-0.05, 0) is 49.3 Å². The molecule has 1 amide bonds. The standard InChI is InChI=1S/C19H25FN2O3/c1-12-6-7-13(8-15(12)20)10-21-18(23)11-22-16-5-3-2-4-14(16)9-17(22)19(24)25/h6-8,14,16-17H,2-5,9-11H2,1H3,(H,21,23)(H,24,25). The van der Waals surface area contributed by atoms with Crippen molar-refractivity contribution in [3.63, 3.8) is 0 Å². The first-order chi connectivity index (χ1) is 12.0. The van der Waals surface area contributed by atoms with Crippen LogP contribution in [-0.4, -0.2) is 40.5 Å². The Bertz CT molecular complexity index is 664. The van der Waals surface area contributed by atoms with Crippen LogP contribution in [0.5, 0.6) is 0 Å². The lowest BCUT2D eigenvalue weighted by molar-refractivity contribution is -0.143. The van der Waals surface area contributed by atoms with Gasteiger partial charge in [0, 0.05) is 12.6 Å². The number of hydrogen-bond donors (Lipinski definition) is 2. The molecule has 3 unspecified atom stereocenters. The fourth-order valence-corrected chi connectivity index (χ4v) is 4.19. The van der Waals surface area contributed by atoms with Gasteiger partial charge in [-0.15, -0.1) is 0 Å². The maximum atomic E-state index is 13.6. The summed E-state index contributed by atoms with van der Waals surface area (Å²) >= 11 is 0. The molecule has 2 aliphatic rings. The third kappa shape index (κ3) is 4.00. The molecule has 0 aromatic heterocycles. The largest absolute Gasteiger partial charge is 0.480 e. The summed E-state index contributed by atoms with van der Waals surface area (Å²) in [4.78, 5) is 25.8. The number of hydrogen-bond acceptors (Lipinski definition) is 3. The Morgan fingerprint density at radius 3 is 2.80 bits per heavy atom. The average Bonchev–Trinajstić information content (AvgIpc) is 2.95. The van der Waals surface area contributed by atoms with Crippen molar-refractivity contribution in [3.05, 3.63) is 35.1 Å². The lowest BCUT2D eigenvalue weighted by atomic mass is 9.85. The number of carboxylic acid groups (broad SMARTS) is 1. The van der Waals surface area contributed by atoms with Crippen molar-refractivity contribution in [2.24, 2.45) is 5.92 Å². The van der Waals surface area contributed by atoms with E-state index in [0.717, 1.165) is 25.7 Å². The van der Waals surface area contributed by atoms with Gasteiger partial charge >= 0.3 is 5.97 Å². The van der Waals surface area contributed by atoms with E-state index >= 15 is 0 Å². The highest BCUT2D eigenvalue weighted by Gasteiger charge is 2.45. The Morgan fingerprint density at radius 2 is 2.08 bits per heavy atom. The maximum absolute atomic E-state index is 13.6. The van der Waals surface area contributed by atoms with Crippen LogP contribution in [0.1, 0.15) is 43.2 Å². The average molecular weight is 348 g/mol. The van der Waals surface area contributed by atoms with Crippen LogP contribution >= 0.6 is 0 Å². The number of carboxylic acids is 1. The zero-order valence-corrected chi connectivity index (χ0v) is 14.5. The Labute approximate surface area is 147 Å². The molecule has 1 aliphatic carbocycles. The van der Waals surface area contributed by atoms with Gasteiger partial charge in [0.2, 0.25) is 5.91 Å². The number of benzene rings is 1. The van der Waals surface area contributed by atoms with Crippen molar-refractivity contribution in [2.75, 3.05) is 6.54 Å². The number of amides is 1. The summed E-state index contributed by atoms with van der Waals surface area (Å²) in [6.45, 7) is 2.03. The van der Waals surface area contributed by atoms with Gasteiger partial charge < -0.3 is 10.4 Å². The summed E-state index contributed by atoms with van der Waals surface area (Å²) in [5.41, 5.74) is 1.27. The van der Waals surface area contributed by atoms with E-state index in [1.54, 1.807) is 19.1 Å². The van der Waals surface area contributed by atoms with E-state index in [1.165, 1.54) is 6.07 Å². The van der Waals surface area contributed by atoms with E-state index in [4.69, 9.17) is 0 Å². The number of nitrogens with zero attached hydrogens (tertiary/aromatic N) is 1. The minimum Gasteiger partial charge on any atom is -0.480 e. The van der Waals surface area contributed by atoms with Crippen LogP contribution in [-0.2, 0) is 16.1 Å². The maximum Gasteiger partial charge on any atom is 0.320 e. The summed E-state index contributed by atoms with van der Waals surface area (Å²) in [6, 6.07) is 4.51. The molecule has 1 saturated carbocycles. The fraction of sp³-hybridized carbons (Fsp3) is 0.579. The van der Waals surface area contributed by atoms with Crippen LogP contribution in [0, 0.1) is 18.7 Å². The molecule has 1 aromatic carbocycles. The van der Waals surface area contributed by atoms with Gasteiger partial charge in [-0.3, -0.25) is 14.5 Å². The predicted molar refractivity (Wildman–Crippen MR) is 91.5 cm³/mol. The van der Waals surface area contributed by atoms with Crippen LogP contribution in [0.15, 0.2) is 18.2 Å². The molecule has 0 spiro atoms. The van der Waals surface area contributed by atoms with Crippen molar-refractivity contribution in [2.45, 2.75) is 57.7 Å². The van der Waals surface area contributed by atoms with Crippen molar-refractivity contribution in [1.82, 2.24) is 10.2 Å². The molecule has 2 N–H and O–H groups in total. The number of carbonyl (C=O) groups excluding carboxylic acids is 1. The zero-order valence-electron chi connectivity index (χ0n) is 14.5. The van der Waals surface area contributed by atoms with Crippen molar-refractivity contribution >= 4 is 11.9 Å². The Hall–Kier alpha value is -1.95. The highest BCUT2D eigenvalue weighted by Crippen LogP contribution is 2.39. The van der Waals surface area contributed by atoms with E-state index in [9.17, 15) is 19.1 Å². The van der Waals surface area contributed by atoms with Gasteiger partial charge in [0.15, 0.2) is 0 Å². The van der Waals surface area contributed by atoms with Crippen molar-refractivity contribution in [3.8, 4) is 0 Å². The smallest absolute Gasteiger partial charge is 0.320 e. The van der Waals surface area contributed by atoms with Crippen molar-refractivity contribution in [1.29, 1.82) is 0 Å². The molecular formula is C19H25FN2O3. The molecule has 3 rings (SSSR count). The second-order valence-electron chi connectivity index (χ2n) is 7.23. The Kier molecular flexibility index (Phi) is 5.37. The summed E-state index contributed by atoms with van der Waals surface area (Å²) in [6.07, 6.45) is 4.89. The van der Waals surface area contributed by atoms with Crippen molar-refractivity contribution < 1.29 is 19.1 Å². The SMILES string of the molecule is Cc1ccc(CNC(=O)CN2C(C(=O)O)CC3CCCCC32)cc1F. The van der Waals surface area contributed by atoms with Gasteiger partial charge in [-0.2, -0.15) is 0 Å². The van der Waals surface area contributed by atoms with E-state index < -0.39 is 12.0 Å². The second kappa shape index (κ2) is 7.52. The lowest BCUT2D eigenvalue weighted by Gasteiger charge is -2.32. The number of halogens is 1. The highest BCUT2D eigenvalue weighted by atomic mass is 19.1. The van der Waals surface area contributed by atoms with Gasteiger partial charge in [-0.25, -0.2) is 4.39 Å². The Balaban J connectivity index is 1.60. The third-order valence-electron chi connectivity index (χ3n) is 5.56. The predicted octanol–water partition coefficient (Wildman–Crippen LogP) is 2.47. The second-order valence-corrected chi connectivity index (χ2v) is 7.23. The highest BCUT2D eigenvalue weighted by molar-refractivity contribution is 5.80. The third-order valence-corrected chi connectivity index (χ3v) is 5.56. The minimum atomic E-state index is -0.845. The van der Waals surface area contributed by atoms with Crippen LogP contribution in [0.4, 0.5) is 4.39 Å². The van der Waals surface area contributed by atoms with E-state index in [-0.39, 0.29) is 30.9 Å². The molecule has 0 radical (unpaired) electrons. The normalized spacial score (nSPS) is 26.2. The number of rotatable bonds is 5. The molecule has 0 bridgehead atoms. The number of carbonyl (C=O) groups is 2. The van der Waals surface area contributed by atoms with Gasteiger partial charge in [-0.1, -0.05) is 25.0 Å². The molecule has 1 heterocycles. The molecule has 5 nitrogen and oxygen atoms in total. The molecular weight excluding hydrogens is 323 g/mol. The number of aryl methyl sites for hydroxylation is 1. The molecule has 3 atom stereocenters. The summed E-state index contributed by atoms with van der Waals surface area (Å²) < 4.78 is 13.6. The molecule has 6 heteroatoms. The first-order valence-electron chi connectivity index (χ1n) is 8.96. The topological polar surface area (TPSA) is 69.6 Å². The molecule has 25 heavy (non-hydrogen) atoms. The van der Waals surface area contributed by atoms with Gasteiger partial charge in [0.1, 0.15) is 11.9 Å². The van der Waals surface area contributed by atoms with E-state index in [0.29, 0.717) is 23.5 Å². The molecule has 2 fully saturated rings. The molecule has 1 saturated heterocycles. The van der Waals surface area contributed by atoms with E-state index in [2.05, 4.69) is 5.32 Å². The number of likely N-dealkylation sites (tertiary alicyclic amines) is 1. The minimum absolute atomic E-state index is 0.0898. The van der Waals surface area contributed by atoms with Crippen LogP contribution in [0.2, 0.25) is 0 Å². The number of fused-ring (bicyclic) bond motifs is 1. The van der Waals surface area contributed by atoms with Gasteiger partial charge in [0.25, 0.3) is 0 Å². The van der Waals surface area contributed by atoms with Gasteiger partial charge in [0.05, 0.1) is 6.54 Å². The number of aliphatic carboxylic acids is 1.